The van der Waals surface area contributed by atoms with Crippen LogP contribution in [-0.4, -0.2) is 62.2 Å². The van der Waals surface area contributed by atoms with Gasteiger partial charge in [-0.1, -0.05) is 30.9 Å². The lowest BCUT2D eigenvalue weighted by Gasteiger charge is -2.33. The van der Waals surface area contributed by atoms with Gasteiger partial charge in [-0.2, -0.15) is 4.31 Å². The Morgan fingerprint density at radius 2 is 1.78 bits per heavy atom. The van der Waals surface area contributed by atoms with Crippen molar-refractivity contribution in [3.63, 3.8) is 0 Å². The zero-order valence-corrected chi connectivity index (χ0v) is 17.4. The van der Waals surface area contributed by atoms with E-state index in [2.05, 4.69) is 5.32 Å². The maximum atomic E-state index is 12.6. The standard InChI is InChI=1S/C17H24ClN3O4S2/c18-14-6-7-16(26-14)27(24,25)21-10-8-20(9-11-21)15(22)12-19-17(23)13-4-2-1-3-5-13/h6-7,13H,1-5,8-12H2,(H,19,23). The molecule has 3 rings (SSSR count). The fourth-order valence-corrected chi connectivity index (χ4v) is 6.58. The van der Waals surface area contributed by atoms with Gasteiger partial charge in [-0.05, 0) is 25.0 Å². The number of sulfonamides is 1. The molecule has 1 aliphatic heterocycles. The van der Waals surface area contributed by atoms with Crippen molar-refractivity contribution < 1.29 is 18.0 Å². The minimum absolute atomic E-state index is 0.0196. The fraction of sp³-hybridized carbons (Fsp3) is 0.647. The van der Waals surface area contributed by atoms with Gasteiger partial charge in [0.15, 0.2) is 0 Å². The van der Waals surface area contributed by atoms with E-state index in [9.17, 15) is 18.0 Å². The number of thiophene rings is 1. The minimum atomic E-state index is -3.57. The fourth-order valence-electron chi connectivity index (χ4n) is 3.53. The zero-order chi connectivity index (χ0) is 19.4. The molecule has 2 fully saturated rings. The topological polar surface area (TPSA) is 86.8 Å². The van der Waals surface area contributed by atoms with E-state index in [4.69, 9.17) is 11.6 Å². The van der Waals surface area contributed by atoms with Gasteiger partial charge < -0.3 is 10.2 Å². The van der Waals surface area contributed by atoms with Gasteiger partial charge in [-0.3, -0.25) is 9.59 Å². The maximum Gasteiger partial charge on any atom is 0.252 e. The molecule has 1 N–H and O–H groups in total. The van der Waals surface area contributed by atoms with Crippen LogP contribution in [0, 0.1) is 5.92 Å². The van der Waals surface area contributed by atoms with Crippen molar-refractivity contribution in [1.82, 2.24) is 14.5 Å². The number of piperazine rings is 1. The Kier molecular flexibility index (Phi) is 6.78. The predicted molar refractivity (Wildman–Crippen MR) is 104 cm³/mol. The van der Waals surface area contributed by atoms with Crippen molar-refractivity contribution >= 4 is 44.8 Å². The summed E-state index contributed by atoms with van der Waals surface area (Å²) in [4.78, 5) is 26.1. The van der Waals surface area contributed by atoms with Crippen LogP contribution >= 0.6 is 22.9 Å². The number of hydrogen-bond donors (Lipinski definition) is 1. The third-order valence-corrected chi connectivity index (χ3v) is 8.72. The predicted octanol–water partition coefficient (Wildman–Crippen LogP) is 1.93. The molecule has 2 amide bonds. The van der Waals surface area contributed by atoms with Crippen LogP contribution in [0.1, 0.15) is 32.1 Å². The SMILES string of the molecule is O=C(NCC(=O)N1CCN(S(=O)(=O)c2ccc(Cl)s2)CC1)C1CCCCC1. The van der Waals surface area contributed by atoms with Crippen LogP contribution < -0.4 is 5.32 Å². The van der Waals surface area contributed by atoms with E-state index >= 15 is 0 Å². The Bertz CT molecular complexity index is 782. The summed E-state index contributed by atoms with van der Waals surface area (Å²) in [6, 6.07) is 3.06. The number of hydrogen-bond acceptors (Lipinski definition) is 5. The lowest BCUT2D eigenvalue weighted by molar-refractivity contribution is -0.135. The van der Waals surface area contributed by atoms with E-state index in [1.165, 1.54) is 16.8 Å². The molecule has 0 atom stereocenters. The van der Waals surface area contributed by atoms with Crippen LogP contribution in [-0.2, 0) is 19.6 Å². The molecule has 27 heavy (non-hydrogen) atoms. The second-order valence-corrected chi connectivity index (χ2v) is 10.8. The average molecular weight is 434 g/mol. The van der Waals surface area contributed by atoms with Crippen molar-refractivity contribution in [2.75, 3.05) is 32.7 Å². The number of rotatable bonds is 5. The third kappa shape index (κ3) is 5.01. The molecule has 1 aliphatic carbocycles. The summed E-state index contributed by atoms with van der Waals surface area (Å²) < 4.78 is 27.2. The van der Waals surface area contributed by atoms with E-state index in [0.29, 0.717) is 17.4 Å². The molecule has 2 heterocycles. The highest BCUT2D eigenvalue weighted by atomic mass is 35.5. The monoisotopic (exact) mass is 433 g/mol. The van der Waals surface area contributed by atoms with Gasteiger partial charge in [-0.25, -0.2) is 8.42 Å². The molecule has 0 aromatic carbocycles. The van der Waals surface area contributed by atoms with Crippen molar-refractivity contribution in [3.05, 3.63) is 16.5 Å². The molecular weight excluding hydrogens is 410 g/mol. The normalized spacial score (nSPS) is 19.8. The first kappa shape index (κ1) is 20.6. The van der Waals surface area contributed by atoms with Crippen LogP contribution in [0.5, 0.6) is 0 Å². The third-order valence-electron chi connectivity index (χ3n) is 5.12. The Balaban J connectivity index is 1.47. The largest absolute Gasteiger partial charge is 0.347 e. The molecule has 10 heteroatoms. The Labute approximate surface area is 168 Å². The number of halogens is 1. The number of carbonyl (C=O) groups is 2. The lowest BCUT2D eigenvalue weighted by atomic mass is 9.89. The highest BCUT2D eigenvalue weighted by Gasteiger charge is 2.31. The second-order valence-electron chi connectivity index (χ2n) is 6.90. The van der Waals surface area contributed by atoms with Crippen molar-refractivity contribution in [1.29, 1.82) is 0 Å². The molecule has 0 bridgehead atoms. The van der Waals surface area contributed by atoms with Crippen LogP contribution in [0.15, 0.2) is 16.3 Å². The summed E-state index contributed by atoms with van der Waals surface area (Å²) in [5, 5.41) is 2.74. The summed E-state index contributed by atoms with van der Waals surface area (Å²) in [5.41, 5.74) is 0. The number of nitrogens with zero attached hydrogens (tertiary/aromatic N) is 2. The zero-order valence-electron chi connectivity index (χ0n) is 15.0. The van der Waals surface area contributed by atoms with E-state index in [-0.39, 0.29) is 41.6 Å². The van der Waals surface area contributed by atoms with Gasteiger partial charge in [0.25, 0.3) is 10.0 Å². The summed E-state index contributed by atoms with van der Waals surface area (Å²) in [6.45, 7) is 1.08. The molecule has 1 saturated carbocycles. The first-order chi connectivity index (χ1) is 12.9. The van der Waals surface area contributed by atoms with E-state index in [0.717, 1.165) is 37.0 Å². The minimum Gasteiger partial charge on any atom is -0.347 e. The summed E-state index contributed by atoms with van der Waals surface area (Å²) in [7, 11) is -3.57. The van der Waals surface area contributed by atoms with Crippen LogP contribution in [0.3, 0.4) is 0 Å². The molecule has 7 nitrogen and oxygen atoms in total. The van der Waals surface area contributed by atoms with Gasteiger partial charge in [0.1, 0.15) is 4.21 Å². The lowest BCUT2D eigenvalue weighted by Crippen LogP contribution is -2.52. The Hall–Kier alpha value is -1.16. The first-order valence-electron chi connectivity index (χ1n) is 9.19. The molecule has 0 radical (unpaired) electrons. The van der Waals surface area contributed by atoms with E-state index in [1.54, 1.807) is 11.0 Å². The molecular formula is C17H24ClN3O4S2. The number of carbonyl (C=O) groups excluding carboxylic acids is 2. The van der Waals surface area contributed by atoms with E-state index < -0.39 is 10.0 Å². The van der Waals surface area contributed by atoms with Crippen LogP contribution in [0.2, 0.25) is 4.34 Å². The van der Waals surface area contributed by atoms with E-state index in [1.807, 2.05) is 0 Å². The molecule has 150 valence electrons. The van der Waals surface area contributed by atoms with Crippen LogP contribution in [0.25, 0.3) is 0 Å². The first-order valence-corrected chi connectivity index (χ1v) is 11.8. The summed E-state index contributed by atoms with van der Waals surface area (Å²) in [6.07, 6.45) is 5.09. The van der Waals surface area contributed by atoms with Crippen molar-refractivity contribution in [3.8, 4) is 0 Å². The molecule has 1 saturated heterocycles. The van der Waals surface area contributed by atoms with Gasteiger partial charge in [-0.15, -0.1) is 11.3 Å². The maximum absolute atomic E-state index is 12.6. The van der Waals surface area contributed by atoms with Gasteiger partial charge in [0.2, 0.25) is 11.8 Å². The molecule has 0 spiro atoms. The van der Waals surface area contributed by atoms with Gasteiger partial charge in [0.05, 0.1) is 10.9 Å². The Morgan fingerprint density at radius 3 is 2.37 bits per heavy atom. The molecule has 2 aliphatic rings. The smallest absolute Gasteiger partial charge is 0.252 e. The highest BCUT2D eigenvalue weighted by molar-refractivity contribution is 7.91. The summed E-state index contributed by atoms with van der Waals surface area (Å²) in [5.74, 6) is -0.194. The molecule has 0 unspecified atom stereocenters. The Morgan fingerprint density at radius 1 is 1.11 bits per heavy atom. The van der Waals surface area contributed by atoms with Gasteiger partial charge in [0, 0.05) is 32.1 Å². The number of nitrogens with one attached hydrogen (secondary N) is 1. The summed E-state index contributed by atoms with van der Waals surface area (Å²) >= 11 is 6.86. The van der Waals surface area contributed by atoms with Crippen molar-refractivity contribution in [2.45, 2.75) is 36.3 Å². The highest BCUT2D eigenvalue weighted by Crippen LogP contribution is 2.28. The van der Waals surface area contributed by atoms with Crippen molar-refractivity contribution in [2.24, 2.45) is 5.92 Å². The second kappa shape index (κ2) is 8.89. The van der Waals surface area contributed by atoms with Gasteiger partial charge >= 0.3 is 0 Å². The quantitative estimate of drug-likeness (QED) is 0.768. The average Bonchev–Trinajstić information content (AvgIpc) is 3.14. The molecule has 1 aromatic rings. The number of amides is 2. The molecule has 1 aromatic heterocycles. The van der Waals surface area contributed by atoms with Crippen LogP contribution in [0.4, 0.5) is 0 Å².